The fourth-order valence-corrected chi connectivity index (χ4v) is 3.74. The van der Waals surface area contributed by atoms with Gasteiger partial charge in [0.1, 0.15) is 5.82 Å². The Hall–Kier alpha value is -2.81. The summed E-state index contributed by atoms with van der Waals surface area (Å²) >= 11 is 3.32. The number of nitrogens with zero attached hydrogens (tertiary/aromatic N) is 4. The number of hydrogen-bond donors (Lipinski definition) is 2. The zero-order valence-electron chi connectivity index (χ0n) is 15.6. The first kappa shape index (κ1) is 19.5. The molecule has 29 heavy (non-hydrogen) atoms. The van der Waals surface area contributed by atoms with Gasteiger partial charge in [-0.2, -0.15) is 5.10 Å². The van der Waals surface area contributed by atoms with Crippen LogP contribution in [0.4, 0.5) is 10.3 Å². The van der Waals surface area contributed by atoms with Crippen LogP contribution in [0, 0.1) is 5.82 Å². The molecule has 7 nitrogen and oxygen atoms in total. The van der Waals surface area contributed by atoms with Crippen molar-refractivity contribution in [3.63, 3.8) is 0 Å². The third-order valence-electron chi connectivity index (χ3n) is 5.00. The van der Waals surface area contributed by atoms with Crippen molar-refractivity contribution in [1.82, 2.24) is 25.1 Å². The number of rotatable bonds is 5. The summed E-state index contributed by atoms with van der Waals surface area (Å²) in [5, 5.41) is 10.2. The number of halogens is 2. The van der Waals surface area contributed by atoms with E-state index < -0.39 is 0 Å². The molecule has 1 fully saturated rings. The van der Waals surface area contributed by atoms with Crippen molar-refractivity contribution in [3.8, 4) is 11.1 Å². The molecule has 3 heterocycles. The number of carbonyl (C=O) groups is 1. The predicted octanol–water partition coefficient (Wildman–Crippen LogP) is 3.88. The summed E-state index contributed by atoms with van der Waals surface area (Å²) in [5.74, 6) is 0.0780. The Labute approximate surface area is 175 Å². The van der Waals surface area contributed by atoms with E-state index in [4.69, 9.17) is 0 Å². The molecule has 1 saturated heterocycles. The van der Waals surface area contributed by atoms with Crippen LogP contribution in [0.5, 0.6) is 0 Å². The standard InChI is InChI=1S/C20H20BrFN6O/c21-14-9-23-20(24-10-14)25-11-16-3-1-2-8-28(16)19(29)18-17(12-26-27-18)13-4-6-15(22)7-5-13/h4-7,9-10,12,16H,1-3,8,11H2,(H,26,27)(H,23,24,25)/t16-/m0/s1. The van der Waals surface area contributed by atoms with Crippen molar-refractivity contribution >= 4 is 27.8 Å². The molecule has 2 N–H and O–H groups in total. The van der Waals surface area contributed by atoms with Crippen molar-refractivity contribution in [3.05, 3.63) is 58.8 Å². The summed E-state index contributed by atoms with van der Waals surface area (Å²) in [6, 6.07) is 6.07. The number of H-pyrrole nitrogens is 1. The van der Waals surface area contributed by atoms with Crippen LogP contribution < -0.4 is 5.32 Å². The molecule has 0 unspecified atom stereocenters. The molecule has 0 saturated carbocycles. The largest absolute Gasteiger partial charge is 0.352 e. The molecule has 0 bridgehead atoms. The van der Waals surface area contributed by atoms with Gasteiger partial charge in [-0.05, 0) is 52.9 Å². The number of nitrogens with one attached hydrogen (secondary N) is 2. The molecule has 1 amide bonds. The molecule has 0 spiro atoms. The lowest BCUT2D eigenvalue weighted by Crippen LogP contribution is -2.47. The van der Waals surface area contributed by atoms with Gasteiger partial charge in [0, 0.05) is 43.3 Å². The second kappa shape index (κ2) is 8.69. The lowest BCUT2D eigenvalue weighted by Gasteiger charge is -2.35. The molecule has 1 atom stereocenters. The summed E-state index contributed by atoms with van der Waals surface area (Å²) in [4.78, 5) is 23.6. The van der Waals surface area contributed by atoms with Crippen molar-refractivity contribution in [2.45, 2.75) is 25.3 Å². The third kappa shape index (κ3) is 4.45. The number of amides is 1. The molecule has 150 valence electrons. The van der Waals surface area contributed by atoms with Gasteiger partial charge in [-0.3, -0.25) is 9.89 Å². The third-order valence-corrected chi connectivity index (χ3v) is 5.41. The highest BCUT2D eigenvalue weighted by atomic mass is 79.9. The Morgan fingerprint density at radius 2 is 2.00 bits per heavy atom. The minimum absolute atomic E-state index is 0.0151. The van der Waals surface area contributed by atoms with E-state index >= 15 is 0 Å². The summed E-state index contributed by atoms with van der Waals surface area (Å²) < 4.78 is 14.1. The van der Waals surface area contributed by atoms with Crippen LogP contribution in [0.2, 0.25) is 0 Å². The van der Waals surface area contributed by atoms with E-state index in [1.165, 1.54) is 12.1 Å². The Balaban J connectivity index is 1.51. The summed E-state index contributed by atoms with van der Waals surface area (Å²) in [6.07, 6.45) is 7.94. The van der Waals surface area contributed by atoms with Crippen molar-refractivity contribution in [2.24, 2.45) is 0 Å². The lowest BCUT2D eigenvalue weighted by atomic mass is 10.00. The van der Waals surface area contributed by atoms with Gasteiger partial charge in [0.2, 0.25) is 5.95 Å². The fourth-order valence-electron chi connectivity index (χ4n) is 3.53. The number of piperidine rings is 1. The van der Waals surface area contributed by atoms with Gasteiger partial charge in [-0.1, -0.05) is 12.1 Å². The maximum absolute atomic E-state index is 13.3. The van der Waals surface area contributed by atoms with Gasteiger partial charge in [-0.25, -0.2) is 14.4 Å². The van der Waals surface area contributed by atoms with Crippen LogP contribution in [0.15, 0.2) is 47.3 Å². The zero-order valence-corrected chi connectivity index (χ0v) is 17.2. The van der Waals surface area contributed by atoms with E-state index in [0.29, 0.717) is 30.3 Å². The fraction of sp³-hybridized carbons (Fsp3) is 0.300. The number of carbonyl (C=O) groups excluding carboxylic acids is 1. The zero-order chi connectivity index (χ0) is 20.2. The molecule has 1 aliphatic rings. The number of anilines is 1. The minimum Gasteiger partial charge on any atom is -0.352 e. The minimum atomic E-state index is -0.317. The smallest absolute Gasteiger partial charge is 0.275 e. The van der Waals surface area contributed by atoms with E-state index in [0.717, 1.165) is 29.3 Å². The van der Waals surface area contributed by atoms with Gasteiger partial charge in [-0.15, -0.1) is 0 Å². The van der Waals surface area contributed by atoms with Crippen LogP contribution in [0.25, 0.3) is 11.1 Å². The van der Waals surface area contributed by atoms with Gasteiger partial charge in [0.15, 0.2) is 5.69 Å². The molecule has 1 aromatic carbocycles. The molecule has 4 rings (SSSR count). The van der Waals surface area contributed by atoms with E-state index in [-0.39, 0.29) is 17.8 Å². The average molecular weight is 459 g/mol. The number of hydrogen-bond acceptors (Lipinski definition) is 5. The van der Waals surface area contributed by atoms with Crippen LogP contribution in [-0.2, 0) is 0 Å². The van der Waals surface area contributed by atoms with Gasteiger partial charge in [0.05, 0.1) is 4.47 Å². The number of likely N-dealkylation sites (tertiary alicyclic amines) is 1. The molecule has 0 radical (unpaired) electrons. The van der Waals surface area contributed by atoms with E-state index in [9.17, 15) is 9.18 Å². The first-order valence-corrected chi connectivity index (χ1v) is 10.2. The van der Waals surface area contributed by atoms with Crippen molar-refractivity contribution in [2.75, 3.05) is 18.4 Å². The summed E-state index contributed by atoms with van der Waals surface area (Å²) in [5.41, 5.74) is 1.77. The normalized spacial score (nSPS) is 16.6. The lowest BCUT2D eigenvalue weighted by molar-refractivity contribution is 0.0623. The second-order valence-electron chi connectivity index (χ2n) is 6.91. The topological polar surface area (TPSA) is 86.8 Å². The maximum atomic E-state index is 13.3. The maximum Gasteiger partial charge on any atom is 0.275 e. The number of aromatic nitrogens is 4. The quantitative estimate of drug-likeness (QED) is 0.605. The predicted molar refractivity (Wildman–Crippen MR) is 111 cm³/mol. The van der Waals surface area contributed by atoms with Crippen LogP contribution in [-0.4, -0.2) is 50.1 Å². The van der Waals surface area contributed by atoms with Crippen LogP contribution in [0.1, 0.15) is 29.8 Å². The highest BCUT2D eigenvalue weighted by Gasteiger charge is 2.30. The molecule has 0 aliphatic carbocycles. The van der Waals surface area contributed by atoms with Crippen LogP contribution in [0.3, 0.4) is 0 Å². The SMILES string of the molecule is O=C(c1n[nH]cc1-c1ccc(F)cc1)N1CCCC[C@H]1CNc1ncc(Br)cn1. The molecule has 9 heteroatoms. The summed E-state index contributed by atoms with van der Waals surface area (Å²) in [7, 11) is 0. The van der Waals surface area contributed by atoms with E-state index in [2.05, 4.69) is 41.4 Å². The van der Waals surface area contributed by atoms with Gasteiger partial charge < -0.3 is 10.2 Å². The number of aromatic amines is 1. The van der Waals surface area contributed by atoms with Gasteiger partial charge in [0.25, 0.3) is 5.91 Å². The first-order valence-electron chi connectivity index (χ1n) is 9.44. The Kier molecular flexibility index (Phi) is 5.84. The average Bonchev–Trinajstić information content (AvgIpc) is 3.23. The molecular formula is C20H20BrFN6O. The highest BCUT2D eigenvalue weighted by molar-refractivity contribution is 9.10. The monoisotopic (exact) mass is 458 g/mol. The Morgan fingerprint density at radius 3 is 2.76 bits per heavy atom. The summed E-state index contributed by atoms with van der Waals surface area (Å²) in [6.45, 7) is 1.23. The van der Waals surface area contributed by atoms with Gasteiger partial charge >= 0.3 is 0 Å². The molecule has 3 aromatic rings. The molecule has 2 aromatic heterocycles. The highest BCUT2D eigenvalue weighted by Crippen LogP contribution is 2.26. The van der Waals surface area contributed by atoms with Crippen molar-refractivity contribution in [1.29, 1.82) is 0 Å². The van der Waals surface area contributed by atoms with Crippen molar-refractivity contribution < 1.29 is 9.18 Å². The first-order chi connectivity index (χ1) is 14.1. The van der Waals surface area contributed by atoms with E-state index in [1.54, 1.807) is 30.7 Å². The molecular weight excluding hydrogens is 439 g/mol. The Morgan fingerprint density at radius 1 is 1.24 bits per heavy atom. The van der Waals surface area contributed by atoms with Crippen LogP contribution >= 0.6 is 15.9 Å². The number of benzene rings is 1. The molecule has 1 aliphatic heterocycles. The second-order valence-corrected chi connectivity index (χ2v) is 7.82. The van der Waals surface area contributed by atoms with E-state index in [1.807, 2.05) is 4.90 Å². The Bertz CT molecular complexity index is 975.